The van der Waals surface area contributed by atoms with E-state index >= 15 is 0 Å². The highest BCUT2D eigenvalue weighted by molar-refractivity contribution is 5.14. The van der Waals surface area contributed by atoms with Gasteiger partial charge in [-0.1, -0.05) is 65.8 Å². The normalized spacial score (nSPS) is 25.2. The van der Waals surface area contributed by atoms with Crippen molar-refractivity contribution in [1.29, 1.82) is 0 Å². The van der Waals surface area contributed by atoms with Crippen molar-refractivity contribution in [2.24, 2.45) is 5.11 Å². The monoisotopic (exact) mass is 385 g/mol. The van der Waals surface area contributed by atoms with Crippen LogP contribution in [-0.2, 0) is 27.4 Å². The number of hydrogen-bond donors (Lipinski definition) is 2. The van der Waals surface area contributed by atoms with Crippen LogP contribution in [0.5, 0.6) is 0 Å². The first-order valence-electron chi connectivity index (χ1n) is 9.02. The first-order valence-corrected chi connectivity index (χ1v) is 9.02. The van der Waals surface area contributed by atoms with Gasteiger partial charge in [0, 0.05) is 4.91 Å². The molecule has 1 saturated heterocycles. The van der Waals surface area contributed by atoms with Crippen LogP contribution in [0.4, 0.5) is 0 Å². The summed E-state index contributed by atoms with van der Waals surface area (Å²) in [6.07, 6.45) is -4.36. The third-order valence-electron chi connectivity index (χ3n) is 4.51. The predicted octanol–water partition coefficient (Wildman–Crippen LogP) is 2.55. The van der Waals surface area contributed by atoms with Crippen LogP contribution in [0.2, 0.25) is 0 Å². The minimum Gasteiger partial charge on any atom is -0.385 e. The number of azide groups is 1. The Bertz CT molecular complexity index is 770. The molecule has 8 nitrogen and oxygen atoms in total. The fraction of sp³-hybridized carbons (Fsp3) is 0.400. The van der Waals surface area contributed by atoms with Crippen LogP contribution in [0.15, 0.2) is 65.8 Å². The first-order chi connectivity index (χ1) is 13.7. The van der Waals surface area contributed by atoms with E-state index in [4.69, 9.17) is 19.7 Å². The van der Waals surface area contributed by atoms with E-state index < -0.39 is 30.6 Å². The van der Waals surface area contributed by atoms with Gasteiger partial charge in [-0.2, -0.15) is 0 Å². The SMILES string of the molecule is [N-]=[N+]=N[C@@H](COCc1ccccc1)[C@H]1OC(O)[C@H](O)[C@H]1OCc1ccccc1. The maximum Gasteiger partial charge on any atom is 0.183 e. The highest BCUT2D eigenvalue weighted by Gasteiger charge is 2.47. The Morgan fingerprint density at radius 1 is 1.00 bits per heavy atom. The van der Waals surface area contributed by atoms with E-state index in [1.165, 1.54) is 0 Å². The standard InChI is InChI=1S/C20H23N3O5/c21-23-22-16(13-26-11-14-7-3-1-4-8-14)18-19(17(24)20(25)28-18)27-12-15-9-5-2-6-10-15/h1-10,16-20,24-25H,11-13H2/t16-,17+,18+,19+,20?/m0/s1. The van der Waals surface area contributed by atoms with Crippen LogP contribution >= 0.6 is 0 Å². The molecule has 0 radical (unpaired) electrons. The molecule has 0 spiro atoms. The van der Waals surface area contributed by atoms with Gasteiger partial charge >= 0.3 is 0 Å². The minimum atomic E-state index is -1.42. The summed E-state index contributed by atoms with van der Waals surface area (Å²) in [7, 11) is 0. The van der Waals surface area contributed by atoms with E-state index in [2.05, 4.69) is 10.0 Å². The molecule has 1 heterocycles. The zero-order valence-electron chi connectivity index (χ0n) is 15.2. The fourth-order valence-electron chi connectivity index (χ4n) is 3.08. The number of ether oxygens (including phenoxy) is 3. The topological polar surface area (TPSA) is 117 Å². The Balaban J connectivity index is 1.63. The second kappa shape index (κ2) is 10.2. The molecule has 0 aliphatic carbocycles. The third kappa shape index (κ3) is 5.30. The highest BCUT2D eigenvalue weighted by Crippen LogP contribution is 2.28. The van der Waals surface area contributed by atoms with Gasteiger partial charge in [0.15, 0.2) is 6.29 Å². The van der Waals surface area contributed by atoms with Gasteiger partial charge in [-0.15, -0.1) is 0 Å². The molecule has 3 rings (SSSR count). The fourth-order valence-corrected chi connectivity index (χ4v) is 3.08. The van der Waals surface area contributed by atoms with Crippen LogP contribution in [0, 0.1) is 0 Å². The van der Waals surface area contributed by atoms with Crippen molar-refractivity contribution < 1.29 is 24.4 Å². The van der Waals surface area contributed by atoms with Crippen molar-refractivity contribution in [3.63, 3.8) is 0 Å². The van der Waals surface area contributed by atoms with E-state index in [1.54, 1.807) is 0 Å². The average Bonchev–Trinajstić information content (AvgIpc) is 3.01. The van der Waals surface area contributed by atoms with Gasteiger partial charge in [0.2, 0.25) is 0 Å². The van der Waals surface area contributed by atoms with Gasteiger partial charge in [0.1, 0.15) is 18.3 Å². The molecule has 8 heteroatoms. The molecule has 28 heavy (non-hydrogen) atoms. The smallest absolute Gasteiger partial charge is 0.183 e. The first kappa shape index (κ1) is 20.3. The van der Waals surface area contributed by atoms with Crippen LogP contribution in [0.1, 0.15) is 11.1 Å². The summed E-state index contributed by atoms with van der Waals surface area (Å²) < 4.78 is 16.9. The van der Waals surface area contributed by atoms with Gasteiger partial charge < -0.3 is 24.4 Å². The summed E-state index contributed by atoms with van der Waals surface area (Å²) in [5.74, 6) is 0. The van der Waals surface area contributed by atoms with Crippen LogP contribution in [-0.4, -0.2) is 47.5 Å². The maximum atomic E-state index is 10.3. The lowest BCUT2D eigenvalue weighted by molar-refractivity contribution is -0.133. The Morgan fingerprint density at radius 3 is 2.21 bits per heavy atom. The average molecular weight is 385 g/mol. The second-order valence-electron chi connectivity index (χ2n) is 6.52. The van der Waals surface area contributed by atoms with Crippen molar-refractivity contribution in [3.05, 3.63) is 82.2 Å². The molecule has 2 aromatic rings. The molecule has 1 aliphatic heterocycles. The second-order valence-corrected chi connectivity index (χ2v) is 6.52. The van der Waals surface area contributed by atoms with Gasteiger partial charge in [0.25, 0.3) is 0 Å². The summed E-state index contributed by atoms with van der Waals surface area (Å²) in [6.45, 7) is 0.628. The van der Waals surface area contributed by atoms with E-state index in [1.807, 2.05) is 60.7 Å². The largest absolute Gasteiger partial charge is 0.385 e. The Labute approximate surface area is 162 Å². The molecule has 2 aromatic carbocycles. The predicted molar refractivity (Wildman–Crippen MR) is 101 cm³/mol. The Morgan fingerprint density at radius 2 is 1.61 bits per heavy atom. The summed E-state index contributed by atoms with van der Waals surface area (Å²) in [6, 6.07) is 18.3. The number of rotatable bonds is 9. The molecule has 0 saturated carbocycles. The summed E-state index contributed by atoms with van der Waals surface area (Å²) >= 11 is 0. The summed E-state index contributed by atoms with van der Waals surface area (Å²) in [5.41, 5.74) is 10.8. The maximum absolute atomic E-state index is 10.3. The molecular weight excluding hydrogens is 362 g/mol. The third-order valence-corrected chi connectivity index (χ3v) is 4.51. The number of hydrogen-bond acceptors (Lipinski definition) is 6. The highest BCUT2D eigenvalue weighted by atomic mass is 16.7. The van der Waals surface area contributed by atoms with E-state index in [0.717, 1.165) is 11.1 Å². The lowest BCUT2D eigenvalue weighted by Gasteiger charge is -2.25. The van der Waals surface area contributed by atoms with Crippen LogP contribution in [0.3, 0.4) is 0 Å². The molecule has 5 atom stereocenters. The quantitative estimate of drug-likeness (QED) is 0.391. The van der Waals surface area contributed by atoms with E-state index in [9.17, 15) is 10.2 Å². The van der Waals surface area contributed by atoms with Gasteiger partial charge in [-0.05, 0) is 16.7 Å². The molecule has 1 fully saturated rings. The Kier molecular flexibility index (Phi) is 7.39. The van der Waals surface area contributed by atoms with Crippen LogP contribution < -0.4 is 0 Å². The molecular formula is C20H23N3O5. The number of benzene rings is 2. The summed E-state index contributed by atoms with van der Waals surface area (Å²) in [5, 5.41) is 23.9. The lowest BCUT2D eigenvalue weighted by Crippen LogP contribution is -2.42. The van der Waals surface area contributed by atoms with Crippen LogP contribution in [0.25, 0.3) is 10.4 Å². The molecule has 148 valence electrons. The van der Waals surface area contributed by atoms with Crippen molar-refractivity contribution in [2.75, 3.05) is 6.61 Å². The molecule has 0 aromatic heterocycles. The van der Waals surface area contributed by atoms with Crippen molar-refractivity contribution in [1.82, 2.24) is 0 Å². The molecule has 1 unspecified atom stereocenters. The number of aliphatic hydroxyl groups excluding tert-OH is 2. The van der Waals surface area contributed by atoms with E-state index in [0.29, 0.717) is 6.61 Å². The number of nitrogens with zero attached hydrogens (tertiary/aromatic N) is 3. The lowest BCUT2D eigenvalue weighted by atomic mass is 10.0. The number of aliphatic hydroxyl groups is 2. The van der Waals surface area contributed by atoms with Crippen molar-refractivity contribution >= 4 is 0 Å². The zero-order chi connectivity index (χ0) is 19.8. The zero-order valence-corrected chi connectivity index (χ0v) is 15.2. The van der Waals surface area contributed by atoms with Gasteiger partial charge in [-0.25, -0.2) is 0 Å². The summed E-state index contributed by atoms with van der Waals surface area (Å²) in [4.78, 5) is 2.86. The van der Waals surface area contributed by atoms with E-state index in [-0.39, 0.29) is 13.2 Å². The minimum absolute atomic E-state index is 0.0637. The molecule has 0 bridgehead atoms. The van der Waals surface area contributed by atoms with Crippen molar-refractivity contribution in [2.45, 2.75) is 43.9 Å². The van der Waals surface area contributed by atoms with Gasteiger partial charge in [0.05, 0.1) is 25.9 Å². The van der Waals surface area contributed by atoms with Gasteiger partial charge in [-0.3, -0.25) is 0 Å². The van der Waals surface area contributed by atoms with Crippen molar-refractivity contribution in [3.8, 4) is 0 Å². The molecule has 1 aliphatic rings. The molecule has 0 amide bonds. The Hall–Kier alpha value is -2.45. The molecule has 2 N–H and O–H groups in total.